The van der Waals surface area contributed by atoms with E-state index in [2.05, 4.69) is 0 Å². The SMILES string of the molecule is COCC1CCN(C(=O)Cc2ccc(C(=O)O)cc2)C1. The third kappa shape index (κ3) is 3.57. The summed E-state index contributed by atoms with van der Waals surface area (Å²) < 4.78 is 5.11. The maximum absolute atomic E-state index is 12.2. The largest absolute Gasteiger partial charge is 0.478 e. The molecule has 1 heterocycles. The Kier molecular flexibility index (Phi) is 4.74. The number of nitrogens with zero attached hydrogens (tertiary/aromatic N) is 1. The van der Waals surface area contributed by atoms with Gasteiger partial charge in [-0.1, -0.05) is 12.1 Å². The van der Waals surface area contributed by atoms with Crippen LogP contribution in [0.15, 0.2) is 24.3 Å². The van der Waals surface area contributed by atoms with E-state index < -0.39 is 5.97 Å². The lowest BCUT2D eigenvalue weighted by molar-refractivity contribution is -0.129. The first kappa shape index (κ1) is 14.5. The number of hydrogen-bond acceptors (Lipinski definition) is 3. The van der Waals surface area contributed by atoms with Crippen LogP contribution in [0.2, 0.25) is 0 Å². The highest BCUT2D eigenvalue weighted by molar-refractivity contribution is 5.87. The van der Waals surface area contributed by atoms with E-state index in [9.17, 15) is 9.59 Å². The average molecular weight is 277 g/mol. The molecule has 1 atom stereocenters. The minimum Gasteiger partial charge on any atom is -0.478 e. The molecule has 1 saturated heterocycles. The van der Waals surface area contributed by atoms with E-state index in [4.69, 9.17) is 9.84 Å². The van der Waals surface area contributed by atoms with Crippen LogP contribution in [0.3, 0.4) is 0 Å². The molecule has 1 fully saturated rings. The molecule has 1 aliphatic rings. The molecule has 1 aromatic carbocycles. The van der Waals surface area contributed by atoms with Gasteiger partial charge in [-0.2, -0.15) is 0 Å². The Hall–Kier alpha value is -1.88. The van der Waals surface area contributed by atoms with Crippen molar-refractivity contribution in [3.63, 3.8) is 0 Å². The number of likely N-dealkylation sites (tertiary alicyclic amines) is 1. The van der Waals surface area contributed by atoms with Gasteiger partial charge >= 0.3 is 5.97 Å². The van der Waals surface area contributed by atoms with Crippen LogP contribution in [0.5, 0.6) is 0 Å². The van der Waals surface area contributed by atoms with Crippen molar-refractivity contribution in [1.29, 1.82) is 0 Å². The molecule has 1 unspecified atom stereocenters. The lowest BCUT2D eigenvalue weighted by atomic mass is 10.1. The summed E-state index contributed by atoms with van der Waals surface area (Å²) in [5.41, 5.74) is 1.08. The molecule has 108 valence electrons. The number of carbonyl (C=O) groups is 2. The Morgan fingerprint density at radius 1 is 1.35 bits per heavy atom. The maximum atomic E-state index is 12.2. The summed E-state index contributed by atoms with van der Waals surface area (Å²) in [6.07, 6.45) is 1.30. The molecule has 0 aliphatic carbocycles. The fraction of sp³-hybridized carbons (Fsp3) is 0.467. The van der Waals surface area contributed by atoms with Crippen molar-refractivity contribution in [2.24, 2.45) is 5.92 Å². The summed E-state index contributed by atoms with van der Waals surface area (Å²) in [5.74, 6) is -0.435. The monoisotopic (exact) mass is 277 g/mol. The molecule has 1 aliphatic heterocycles. The first-order valence-electron chi connectivity index (χ1n) is 6.69. The van der Waals surface area contributed by atoms with Crippen LogP contribution in [-0.2, 0) is 16.0 Å². The summed E-state index contributed by atoms with van der Waals surface area (Å²) in [5, 5.41) is 8.82. The normalized spacial score (nSPS) is 18.2. The van der Waals surface area contributed by atoms with Crippen LogP contribution in [0.1, 0.15) is 22.3 Å². The van der Waals surface area contributed by atoms with Gasteiger partial charge in [0, 0.05) is 26.1 Å². The second-order valence-corrected chi connectivity index (χ2v) is 5.13. The van der Waals surface area contributed by atoms with Gasteiger partial charge in [0.2, 0.25) is 5.91 Å². The predicted octanol–water partition coefficient (Wildman–Crippen LogP) is 1.42. The number of methoxy groups -OCH3 is 1. The molecule has 0 aromatic heterocycles. The lowest BCUT2D eigenvalue weighted by Crippen LogP contribution is -2.30. The van der Waals surface area contributed by atoms with Crippen molar-refractivity contribution >= 4 is 11.9 Å². The van der Waals surface area contributed by atoms with Crippen molar-refractivity contribution in [2.45, 2.75) is 12.8 Å². The van der Waals surface area contributed by atoms with Gasteiger partial charge in [0.05, 0.1) is 18.6 Å². The van der Waals surface area contributed by atoms with E-state index in [0.717, 1.165) is 25.1 Å². The van der Waals surface area contributed by atoms with Gasteiger partial charge in [0.1, 0.15) is 0 Å². The van der Waals surface area contributed by atoms with Gasteiger partial charge in [0.25, 0.3) is 0 Å². The van der Waals surface area contributed by atoms with E-state index in [1.165, 1.54) is 12.1 Å². The zero-order chi connectivity index (χ0) is 14.5. The number of ether oxygens (including phenoxy) is 1. The molecule has 0 radical (unpaired) electrons. The molecule has 0 saturated carbocycles. The lowest BCUT2D eigenvalue weighted by Gasteiger charge is -2.16. The van der Waals surface area contributed by atoms with Crippen molar-refractivity contribution in [3.8, 4) is 0 Å². The van der Waals surface area contributed by atoms with Crippen molar-refractivity contribution in [3.05, 3.63) is 35.4 Å². The standard InChI is InChI=1S/C15H19NO4/c1-20-10-12-6-7-16(9-12)14(17)8-11-2-4-13(5-3-11)15(18)19/h2-5,12H,6-10H2,1H3,(H,18,19). The fourth-order valence-corrected chi connectivity index (χ4v) is 2.48. The minimum absolute atomic E-state index is 0.0895. The topological polar surface area (TPSA) is 66.8 Å². The number of aromatic carboxylic acids is 1. The number of carboxylic acid groups (broad SMARTS) is 1. The van der Waals surface area contributed by atoms with Crippen LogP contribution in [0.4, 0.5) is 0 Å². The molecule has 1 aromatic rings. The molecule has 1 N–H and O–H groups in total. The van der Waals surface area contributed by atoms with E-state index in [1.807, 2.05) is 4.90 Å². The molecule has 5 nitrogen and oxygen atoms in total. The summed E-state index contributed by atoms with van der Waals surface area (Å²) in [6, 6.07) is 6.46. The summed E-state index contributed by atoms with van der Waals surface area (Å²) >= 11 is 0. The molecular weight excluding hydrogens is 258 g/mol. The number of rotatable bonds is 5. The second-order valence-electron chi connectivity index (χ2n) is 5.13. The number of carbonyl (C=O) groups excluding carboxylic acids is 1. The highest BCUT2D eigenvalue weighted by Gasteiger charge is 2.25. The molecule has 0 bridgehead atoms. The van der Waals surface area contributed by atoms with Crippen molar-refractivity contribution < 1.29 is 19.4 Å². The Bertz CT molecular complexity index is 483. The first-order chi connectivity index (χ1) is 9.60. The van der Waals surface area contributed by atoms with Crippen LogP contribution >= 0.6 is 0 Å². The van der Waals surface area contributed by atoms with Crippen LogP contribution in [-0.4, -0.2) is 48.7 Å². The quantitative estimate of drug-likeness (QED) is 0.884. The van der Waals surface area contributed by atoms with Crippen molar-refractivity contribution in [1.82, 2.24) is 4.90 Å². The van der Waals surface area contributed by atoms with Gasteiger partial charge in [-0.05, 0) is 24.1 Å². The molecule has 20 heavy (non-hydrogen) atoms. The molecular formula is C15H19NO4. The van der Waals surface area contributed by atoms with E-state index in [-0.39, 0.29) is 11.5 Å². The third-order valence-corrected chi connectivity index (χ3v) is 3.60. The van der Waals surface area contributed by atoms with Gasteiger partial charge in [-0.3, -0.25) is 4.79 Å². The van der Waals surface area contributed by atoms with Crippen LogP contribution in [0.25, 0.3) is 0 Å². The first-order valence-corrected chi connectivity index (χ1v) is 6.69. The Balaban J connectivity index is 1.90. The molecule has 2 rings (SSSR count). The second kappa shape index (κ2) is 6.52. The predicted molar refractivity (Wildman–Crippen MR) is 73.7 cm³/mol. The van der Waals surface area contributed by atoms with E-state index in [0.29, 0.717) is 18.9 Å². The summed E-state index contributed by atoms with van der Waals surface area (Å²) in [7, 11) is 1.68. The molecule has 5 heteroatoms. The van der Waals surface area contributed by atoms with Crippen molar-refractivity contribution in [2.75, 3.05) is 26.8 Å². The highest BCUT2D eigenvalue weighted by atomic mass is 16.5. The summed E-state index contributed by atoms with van der Waals surface area (Å²) in [4.78, 5) is 24.8. The van der Waals surface area contributed by atoms with Gasteiger partial charge in [0.15, 0.2) is 0 Å². The highest BCUT2D eigenvalue weighted by Crippen LogP contribution is 2.17. The zero-order valence-electron chi connectivity index (χ0n) is 11.5. The Morgan fingerprint density at radius 2 is 2.05 bits per heavy atom. The zero-order valence-corrected chi connectivity index (χ0v) is 11.5. The average Bonchev–Trinajstić information content (AvgIpc) is 2.88. The third-order valence-electron chi connectivity index (χ3n) is 3.60. The van der Waals surface area contributed by atoms with Crippen LogP contribution < -0.4 is 0 Å². The summed E-state index contributed by atoms with van der Waals surface area (Å²) in [6.45, 7) is 2.22. The molecule has 0 spiro atoms. The molecule has 1 amide bonds. The fourth-order valence-electron chi connectivity index (χ4n) is 2.48. The number of amides is 1. The van der Waals surface area contributed by atoms with Crippen LogP contribution in [0, 0.1) is 5.92 Å². The van der Waals surface area contributed by atoms with E-state index in [1.54, 1.807) is 19.2 Å². The van der Waals surface area contributed by atoms with Gasteiger partial charge in [-0.15, -0.1) is 0 Å². The van der Waals surface area contributed by atoms with Gasteiger partial charge < -0.3 is 14.7 Å². The maximum Gasteiger partial charge on any atom is 0.335 e. The Labute approximate surface area is 118 Å². The van der Waals surface area contributed by atoms with E-state index >= 15 is 0 Å². The number of benzene rings is 1. The Morgan fingerprint density at radius 3 is 2.65 bits per heavy atom. The minimum atomic E-state index is -0.954. The smallest absolute Gasteiger partial charge is 0.335 e. The number of hydrogen-bond donors (Lipinski definition) is 1. The number of carboxylic acids is 1. The van der Waals surface area contributed by atoms with Gasteiger partial charge in [-0.25, -0.2) is 4.79 Å².